The Balaban J connectivity index is 1.30. The fraction of sp³-hybridized carbons (Fsp3) is 0.655. The van der Waals surface area contributed by atoms with E-state index in [2.05, 4.69) is 14.9 Å². The fourth-order valence-electron chi connectivity index (χ4n) is 5.41. The Morgan fingerprint density at radius 1 is 1.08 bits per heavy atom. The van der Waals surface area contributed by atoms with E-state index in [9.17, 15) is 18.8 Å². The van der Waals surface area contributed by atoms with Crippen molar-refractivity contribution in [1.29, 1.82) is 0 Å². The van der Waals surface area contributed by atoms with Gasteiger partial charge in [-0.2, -0.15) is 0 Å². The van der Waals surface area contributed by atoms with Crippen LogP contribution in [0.4, 0.5) is 4.39 Å². The van der Waals surface area contributed by atoms with Gasteiger partial charge in [0.1, 0.15) is 28.4 Å². The molecule has 214 valence electrons. The number of aromatic nitrogens is 2. The van der Waals surface area contributed by atoms with Crippen molar-refractivity contribution in [3.8, 4) is 5.75 Å². The number of benzene rings is 1. The Labute approximate surface area is 229 Å². The number of hydrogen-bond acceptors (Lipinski definition) is 7. The molecule has 0 saturated carbocycles. The highest BCUT2D eigenvalue weighted by Gasteiger charge is 2.24. The van der Waals surface area contributed by atoms with Crippen LogP contribution in [0.15, 0.2) is 16.9 Å². The predicted octanol–water partition coefficient (Wildman–Crippen LogP) is 3.69. The molecule has 0 aliphatic carbocycles. The van der Waals surface area contributed by atoms with Crippen molar-refractivity contribution in [3.63, 3.8) is 0 Å². The number of halogens is 1. The molecule has 1 aromatic carbocycles. The number of carbonyl (C=O) groups excluding carboxylic acids is 2. The van der Waals surface area contributed by atoms with Crippen molar-refractivity contribution in [3.05, 3.63) is 34.1 Å². The third kappa shape index (κ3) is 8.24. The molecule has 2 fully saturated rings. The summed E-state index contributed by atoms with van der Waals surface area (Å²) in [5.74, 6) is 0.882. The van der Waals surface area contributed by atoms with Crippen LogP contribution in [-0.2, 0) is 20.7 Å². The first-order chi connectivity index (χ1) is 18.5. The number of aryl methyl sites for hydroxylation is 1. The van der Waals surface area contributed by atoms with E-state index in [1.54, 1.807) is 13.0 Å². The molecule has 39 heavy (non-hydrogen) atoms. The van der Waals surface area contributed by atoms with Gasteiger partial charge in [-0.1, -0.05) is 0 Å². The molecule has 2 aliphatic rings. The van der Waals surface area contributed by atoms with Crippen LogP contribution >= 0.6 is 0 Å². The Morgan fingerprint density at radius 3 is 2.38 bits per heavy atom. The van der Waals surface area contributed by atoms with Gasteiger partial charge in [0, 0.05) is 38.6 Å². The smallest absolute Gasteiger partial charge is 0.320 e. The number of ether oxygens (including phenoxy) is 2. The molecule has 2 aliphatic heterocycles. The maximum absolute atomic E-state index is 14.8. The minimum atomic E-state index is -0.647. The molecule has 0 spiro atoms. The predicted molar refractivity (Wildman–Crippen MR) is 146 cm³/mol. The molecule has 0 radical (unpaired) electrons. The molecule has 2 saturated heterocycles. The lowest BCUT2D eigenvalue weighted by Gasteiger charge is -2.32. The summed E-state index contributed by atoms with van der Waals surface area (Å²) in [7, 11) is 0. The minimum absolute atomic E-state index is 0.0590. The third-order valence-corrected chi connectivity index (χ3v) is 7.60. The number of H-pyrrole nitrogens is 1. The Kier molecular flexibility index (Phi) is 9.25. The third-order valence-electron chi connectivity index (χ3n) is 7.60. The number of hydrogen-bond donors (Lipinski definition) is 1. The first-order valence-corrected chi connectivity index (χ1v) is 14.0. The number of likely N-dealkylation sites (tertiary alicyclic amines) is 2. The Morgan fingerprint density at radius 2 is 1.74 bits per heavy atom. The number of nitrogens with zero attached hydrogens (tertiary/aromatic N) is 3. The standard InChI is InChI=1S/C29H41FN4O5/c1-19(35)34-13-9-21(10-14-34)18-38-22-15-23(30)27-24(16-22)31-25(32-28(27)37)6-5-20-7-11-33(12-8-20)17-26(36)39-29(2,3)4/h15-16,20-21H,5-14,17-18H2,1-4H3,(H,31,32,37). The molecule has 1 aromatic heterocycles. The zero-order chi connectivity index (χ0) is 28.2. The number of nitrogens with one attached hydrogen (secondary N) is 1. The van der Waals surface area contributed by atoms with Crippen LogP contribution in [0.3, 0.4) is 0 Å². The summed E-state index contributed by atoms with van der Waals surface area (Å²) in [6.45, 7) is 11.0. The zero-order valence-electron chi connectivity index (χ0n) is 23.6. The van der Waals surface area contributed by atoms with E-state index in [0.29, 0.717) is 55.7 Å². The van der Waals surface area contributed by atoms with E-state index in [-0.39, 0.29) is 23.2 Å². The van der Waals surface area contributed by atoms with E-state index in [1.807, 2.05) is 25.7 Å². The number of aromatic amines is 1. The topological polar surface area (TPSA) is 105 Å². The second kappa shape index (κ2) is 12.4. The number of piperidine rings is 2. The summed E-state index contributed by atoms with van der Waals surface area (Å²) in [6.07, 6.45) is 5.04. The van der Waals surface area contributed by atoms with Crippen LogP contribution in [0.25, 0.3) is 10.9 Å². The summed E-state index contributed by atoms with van der Waals surface area (Å²) in [4.78, 5) is 47.6. The lowest BCUT2D eigenvalue weighted by atomic mass is 9.92. The summed E-state index contributed by atoms with van der Waals surface area (Å²) in [5.41, 5.74) is -0.672. The summed E-state index contributed by atoms with van der Waals surface area (Å²) in [6, 6.07) is 2.88. The molecular formula is C29H41FN4O5. The van der Waals surface area contributed by atoms with Gasteiger partial charge in [-0.05, 0) is 77.8 Å². The number of rotatable bonds is 8. The maximum Gasteiger partial charge on any atom is 0.320 e. The quantitative estimate of drug-likeness (QED) is 0.506. The number of esters is 1. The van der Waals surface area contributed by atoms with Crippen LogP contribution in [-0.4, -0.2) is 76.6 Å². The second-order valence-electron chi connectivity index (χ2n) is 11.9. The van der Waals surface area contributed by atoms with Crippen molar-refractivity contribution in [2.45, 2.75) is 71.8 Å². The monoisotopic (exact) mass is 544 g/mol. The second-order valence-corrected chi connectivity index (χ2v) is 11.9. The van der Waals surface area contributed by atoms with Gasteiger partial charge in [-0.15, -0.1) is 0 Å². The lowest BCUT2D eigenvalue weighted by molar-refractivity contribution is -0.156. The van der Waals surface area contributed by atoms with Crippen molar-refractivity contribution >= 4 is 22.8 Å². The number of carbonyl (C=O) groups is 2. The molecule has 3 heterocycles. The molecule has 9 nitrogen and oxygen atoms in total. The van der Waals surface area contributed by atoms with E-state index < -0.39 is 17.0 Å². The first-order valence-electron chi connectivity index (χ1n) is 14.0. The number of amides is 1. The van der Waals surface area contributed by atoms with Crippen LogP contribution in [0.2, 0.25) is 0 Å². The Hall–Kier alpha value is -3.01. The molecule has 1 N–H and O–H groups in total. The van der Waals surface area contributed by atoms with Gasteiger partial charge in [0.2, 0.25) is 5.91 Å². The summed E-state index contributed by atoms with van der Waals surface area (Å²) < 4.78 is 26.1. The van der Waals surface area contributed by atoms with Crippen molar-refractivity contribution < 1.29 is 23.5 Å². The van der Waals surface area contributed by atoms with E-state index >= 15 is 0 Å². The van der Waals surface area contributed by atoms with Crippen molar-refractivity contribution in [2.75, 3.05) is 39.3 Å². The number of fused-ring (bicyclic) bond motifs is 1. The average molecular weight is 545 g/mol. The van der Waals surface area contributed by atoms with Gasteiger partial charge >= 0.3 is 5.97 Å². The van der Waals surface area contributed by atoms with Crippen molar-refractivity contribution in [2.24, 2.45) is 11.8 Å². The minimum Gasteiger partial charge on any atom is -0.493 e. The Bertz CT molecular complexity index is 1220. The molecule has 0 unspecified atom stereocenters. The maximum atomic E-state index is 14.8. The highest BCUT2D eigenvalue weighted by molar-refractivity contribution is 5.79. The molecule has 4 rings (SSSR count). The van der Waals surface area contributed by atoms with Gasteiger partial charge in [-0.25, -0.2) is 9.37 Å². The van der Waals surface area contributed by atoms with Gasteiger partial charge in [0.05, 0.1) is 18.7 Å². The summed E-state index contributed by atoms with van der Waals surface area (Å²) >= 11 is 0. The largest absolute Gasteiger partial charge is 0.493 e. The zero-order valence-corrected chi connectivity index (χ0v) is 23.6. The van der Waals surface area contributed by atoms with Crippen LogP contribution in [0.1, 0.15) is 65.6 Å². The molecule has 0 bridgehead atoms. The summed E-state index contributed by atoms with van der Waals surface area (Å²) in [5, 5.41) is -0.0590. The van der Waals surface area contributed by atoms with E-state index in [4.69, 9.17) is 9.47 Å². The van der Waals surface area contributed by atoms with Crippen LogP contribution in [0.5, 0.6) is 5.75 Å². The highest BCUT2D eigenvalue weighted by Crippen LogP contribution is 2.25. The normalized spacial score (nSPS) is 17.9. The van der Waals surface area contributed by atoms with E-state index in [1.165, 1.54) is 6.07 Å². The SMILES string of the molecule is CC(=O)N1CCC(COc2cc(F)c3c(=O)[nH]c(CCC4CCN(CC(=O)OC(C)(C)C)CC4)nc3c2)CC1. The lowest BCUT2D eigenvalue weighted by Crippen LogP contribution is -2.39. The first kappa shape index (κ1) is 29.0. The van der Waals surface area contributed by atoms with Gasteiger partial charge in [0.25, 0.3) is 5.56 Å². The molecule has 1 amide bonds. The fourth-order valence-corrected chi connectivity index (χ4v) is 5.41. The van der Waals surface area contributed by atoms with Gasteiger partial charge < -0.3 is 19.4 Å². The molecular weight excluding hydrogens is 503 g/mol. The van der Waals surface area contributed by atoms with Crippen molar-refractivity contribution in [1.82, 2.24) is 19.8 Å². The van der Waals surface area contributed by atoms with Crippen LogP contribution < -0.4 is 10.3 Å². The molecule has 0 atom stereocenters. The van der Waals surface area contributed by atoms with E-state index in [0.717, 1.165) is 45.2 Å². The molecule has 10 heteroatoms. The molecule has 2 aromatic rings. The highest BCUT2D eigenvalue weighted by atomic mass is 19.1. The van der Waals surface area contributed by atoms with Crippen LogP contribution in [0, 0.1) is 17.7 Å². The van der Waals surface area contributed by atoms with Gasteiger partial charge in [-0.3, -0.25) is 19.3 Å². The van der Waals surface area contributed by atoms with Gasteiger partial charge in [0.15, 0.2) is 0 Å². The average Bonchev–Trinajstić information content (AvgIpc) is 2.85.